The van der Waals surface area contributed by atoms with Crippen LogP contribution in [-0.2, 0) is 9.47 Å². The molecule has 0 aromatic carbocycles. The highest BCUT2D eigenvalue weighted by atomic mass is 127. The van der Waals surface area contributed by atoms with Crippen molar-refractivity contribution >= 4 is 53.2 Å². The predicted octanol–water partition coefficient (Wildman–Crippen LogP) is 3.92. The number of aromatic nitrogens is 3. The number of imidazole rings is 1. The maximum atomic E-state index is 12.8. The first-order valence-electron chi connectivity index (χ1n) is 9.12. The minimum Gasteiger partial charge on any atom is -0.377 e. The first-order valence-corrected chi connectivity index (χ1v) is 12.0. The third-order valence-corrected chi connectivity index (χ3v) is 9.57. The van der Waals surface area contributed by atoms with E-state index in [9.17, 15) is 8.78 Å². The maximum absolute atomic E-state index is 12.8. The molecule has 2 fully saturated rings. The summed E-state index contributed by atoms with van der Waals surface area (Å²) in [6.45, 7) is 5.17. The second-order valence-corrected chi connectivity index (χ2v) is 11.1. The Morgan fingerprint density at radius 2 is 2.11 bits per heavy atom. The molecular formula is C18H20ClF2IN4O2. The highest BCUT2D eigenvalue weighted by molar-refractivity contribution is 14.2. The summed E-state index contributed by atoms with van der Waals surface area (Å²) in [4.78, 5) is 9.05. The number of ether oxygens (including phenoxy) is 2. The van der Waals surface area contributed by atoms with E-state index < -0.39 is 18.8 Å². The van der Waals surface area contributed by atoms with Gasteiger partial charge in [-0.3, -0.25) is 0 Å². The Kier molecular flexibility index (Phi) is 4.46. The molecule has 2 aromatic heterocycles. The van der Waals surface area contributed by atoms with Crippen LogP contribution in [0.1, 0.15) is 25.5 Å². The van der Waals surface area contributed by atoms with E-state index in [1.165, 1.54) is 0 Å². The SMILES string of the molecule is Cc1c(Cl)nc2c(ncn2C2[C@H]3C=I[C@H]3[C@H]3OC(C)(C)O[C@@H]23)c1NCC(F)F. The van der Waals surface area contributed by atoms with Crippen LogP contribution in [-0.4, -0.2) is 53.4 Å². The molecule has 5 rings (SSSR count). The van der Waals surface area contributed by atoms with E-state index in [1.54, 1.807) is 13.3 Å². The Hall–Kier alpha value is -0.910. The van der Waals surface area contributed by atoms with Crippen LogP contribution in [0.25, 0.3) is 11.2 Å². The van der Waals surface area contributed by atoms with Gasteiger partial charge in [-0.25, -0.2) is 18.7 Å². The summed E-state index contributed by atoms with van der Waals surface area (Å²) in [6, 6.07) is 0.0180. The first kappa shape index (κ1) is 19.1. The molecule has 1 saturated carbocycles. The van der Waals surface area contributed by atoms with Gasteiger partial charge in [0.15, 0.2) is 11.4 Å². The van der Waals surface area contributed by atoms with Gasteiger partial charge in [-0.2, -0.15) is 0 Å². The highest BCUT2D eigenvalue weighted by Crippen LogP contribution is 2.55. The normalized spacial score (nSPS) is 32.9. The molecule has 28 heavy (non-hydrogen) atoms. The van der Waals surface area contributed by atoms with Gasteiger partial charge in [-0.05, 0) is 24.8 Å². The van der Waals surface area contributed by atoms with Crippen LogP contribution < -0.4 is 5.32 Å². The van der Waals surface area contributed by atoms with Crippen LogP contribution >= 0.6 is 32.3 Å². The number of fused-ring (bicyclic) bond motifs is 4. The molecule has 2 aromatic rings. The van der Waals surface area contributed by atoms with Crippen molar-refractivity contribution in [1.82, 2.24) is 14.5 Å². The van der Waals surface area contributed by atoms with Crippen molar-refractivity contribution in [2.75, 3.05) is 11.9 Å². The maximum Gasteiger partial charge on any atom is 0.255 e. The number of hydrogen-bond donors (Lipinski definition) is 1. The molecule has 10 heteroatoms. The lowest BCUT2D eigenvalue weighted by Gasteiger charge is -2.32. The molecule has 0 amide bonds. The fourth-order valence-electron chi connectivity index (χ4n) is 4.40. The molecule has 2 aliphatic heterocycles. The van der Waals surface area contributed by atoms with E-state index in [-0.39, 0.29) is 44.1 Å². The van der Waals surface area contributed by atoms with Gasteiger partial charge in [-0.15, -0.1) is 20.7 Å². The smallest absolute Gasteiger partial charge is 0.255 e. The van der Waals surface area contributed by atoms with Crippen molar-refractivity contribution < 1.29 is 18.3 Å². The largest absolute Gasteiger partial charge is 0.377 e. The Labute approximate surface area is 175 Å². The van der Waals surface area contributed by atoms with Gasteiger partial charge in [0, 0.05) is 15.4 Å². The molecule has 0 bridgehead atoms. The van der Waals surface area contributed by atoms with Gasteiger partial charge in [0.2, 0.25) is 0 Å². The summed E-state index contributed by atoms with van der Waals surface area (Å²) >= 11 is 6.33. The molecule has 152 valence electrons. The van der Waals surface area contributed by atoms with Crippen LogP contribution in [0.3, 0.4) is 0 Å². The molecule has 1 aliphatic carbocycles. The summed E-state index contributed by atoms with van der Waals surface area (Å²) in [5, 5.41) is 3.07. The molecule has 0 spiro atoms. The van der Waals surface area contributed by atoms with Crippen molar-refractivity contribution in [3.63, 3.8) is 0 Å². The molecule has 1 saturated heterocycles. The Bertz CT molecular complexity index is 982. The number of alkyl halides is 3. The van der Waals surface area contributed by atoms with Gasteiger partial charge < -0.3 is 19.4 Å². The van der Waals surface area contributed by atoms with E-state index in [0.717, 1.165) is 0 Å². The Morgan fingerprint density at radius 1 is 1.36 bits per heavy atom. The lowest BCUT2D eigenvalue weighted by atomic mass is 10.0. The average molecular weight is 525 g/mol. The number of hydrogen-bond acceptors (Lipinski definition) is 5. The quantitative estimate of drug-likeness (QED) is 0.373. The topological polar surface area (TPSA) is 61.2 Å². The minimum atomic E-state index is -2.47. The van der Waals surface area contributed by atoms with Gasteiger partial charge in [0.1, 0.15) is 22.9 Å². The van der Waals surface area contributed by atoms with E-state index in [1.807, 2.05) is 18.4 Å². The number of rotatable bonds is 4. The Morgan fingerprint density at radius 3 is 2.79 bits per heavy atom. The summed E-state index contributed by atoms with van der Waals surface area (Å²) in [6.07, 6.45) is -0.748. The molecule has 1 unspecified atom stereocenters. The zero-order valence-electron chi connectivity index (χ0n) is 15.5. The van der Waals surface area contributed by atoms with Gasteiger partial charge in [0.05, 0.1) is 24.6 Å². The first-order chi connectivity index (χ1) is 13.3. The Balaban J connectivity index is 1.59. The van der Waals surface area contributed by atoms with E-state index in [2.05, 4.69) is 19.3 Å². The van der Waals surface area contributed by atoms with E-state index in [0.29, 0.717) is 32.3 Å². The second-order valence-electron chi connectivity index (χ2n) is 7.83. The van der Waals surface area contributed by atoms with Crippen molar-refractivity contribution in [2.24, 2.45) is 5.92 Å². The summed E-state index contributed by atoms with van der Waals surface area (Å²) in [5.74, 6) is -0.254. The minimum absolute atomic E-state index is 0.0146. The van der Waals surface area contributed by atoms with E-state index >= 15 is 0 Å². The summed E-state index contributed by atoms with van der Waals surface area (Å²) in [7, 11) is 0. The molecule has 6 nitrogen and oxygen atoms in total. The molecule has 3 aliphatic rings. The third kappa shape index (κ3) is 2.80. The predicted molar refractivity (Wildman–Crippen MR) is 112 cm³/mol. The zero-order valence-corrected chi connectivity index (χ0v) is 18.4. The van der Waals surface area contributed by atoms with Crippen molar-refractivity contribution in [1.29, 1.82) is 0 Å². The van der Waals surface area contributed by atoms with E-state index in [4.69, 9.17) is 21.1 Å². The second kappa shape index (κ2) is 6.55. The van der Waals surface area contributed by atoms with Crippen LogP contribution in [0.4, 0.5) is 14.5 Å². The third-order valence-electron chi connectivity index (χ3n) is 5.59. The van der Waals surface area contributed by atoms with Crippen molar-refractivity contribution in [3.8, 4) is 0 Å². The monoisotopic (exact) mass is 524 g/mol. The fourth-order valence-corrected chi connectivity index (χ4v) is 7.76. The summed E-state index contributed by atoms with van der Waals surface area (Å²) < 4.78 is 42.9. The van der Waals surface area contributed by atoms with Crippen molar-refractivity contribution in [2.45, 2.75) is 55.2 Å². The number of anilines is 1. The number of halogens is 4. The van der Waals surface area contributed by atoms with Crippen LogP contribution in [0.5, 0.6) is 0 Å². The van der Waals surface area contributed by atoms with Crippen LogP contribution in [0.2, 0.25) is 5.15 Å². The van der Waals surface area contributed by atoms with Gasteiger partial charge in [0.25, 0.3) is 6.43 Å². The van der Waals surface area contributed by atoms with Crippen molar-refractivity contribution in [3.05, 3.63) is 17.0 Å². The average Bonchev–Trinajstić information content (AvgIpc) is 3.16. The molecule has 0 radical (unpaired) electrons. The molecule has 4 heterocycles. The highest BCUT2D eigenvalue weighted by Gasteiger charge is 2.61. The fraction of sp³-hybridized carbons (Fsp3) is 0.611. The molecule has 1 N–H and O–H groups in total. The lowest BCUT2D eigenvalue weighted by molar-refractivity contribution is -0.155. The lowest BCUT2D eigenvalue weighted by Crippen LogP contribution is -2.34. The number of nitrogens with one attached hydrogen (secondary N) is 1. The zero-order chi connectivity index (χ0) is 19.8. The standard InChI is InChI=1S/C18H20ClF2IN4O2/c1-7-11(23-5-9(20)21)12-17(25-16(7)19)26(6-24-12)13-8-4-22-10(8)14-15(13)28-18(2,3)27-14/h4,6,8-10,13-15H,5H2,1-3H3,(H,23,25)/t8-,10+,13?,14+,15-/m0/s1. The summed E-state index contributed by atoms with van der Waals surface area (Å²) in [5.41, 5.74) is 2.26. The van der Waals surface area contributed by atoms with Gasteiger partial charge in [-0.1, -0.05) is 11.6 Å². The number of pyridine rings is 1. The van der Waals surface area contributed by atoms with Crippen LogP contribution in [0.15, 0.2) is 6.33 Å². The molecule has 5 atom stereocenters. The molecular weight excluding hydrogens is 505 g/mol. The van der Waals surface area contributed by atoms with Gasteiger partial charge >= 0.3 is 0 Å². The number of nitrogens with zero attached hydrogens (tertiary/aromatic N) is 3. The van der Waals surface area contributed by atoms with Crippen LogP contribution in [0, 0.1) is 12.8 Å².